The first-order chi connectivity index (χ1) is 12.4. The number of ether oxygens (including phenoxy) is 1. The van der Waals surface area contributed by atoms with E-state index in [-0.39, 0.29) is 6.10 Å². The summed E-state index contributed by atoms with van der Waals surface area (Å²) in [5, 5.41) is 0. The average molecular weight is 339 g/mol. The van der Waals surface area contributed by atoms with Crippen LogP contribution in [0.1, 0.15) is 36.8 Å². The second-order valence-electron chi connectivity index (χ2n) is 6.76. The summed E-state index contributed by atoms with van der Waals surface area (Å²) in [6.45, 7) is 5.81. The van der Waals surface area contributed by atoms with Crippen molar-refractivity contribution in [2.24, 2.45) is 0 Å². The van der Waals surface area contributed by atoms with Crippen LogP contribution in [0.4, 0.5) is 5.82 Å². The van der Waals surface area contributed by atoms with E-state index >= 15 is 0 Å². The van der Waals surface area contributed by atoms with E-state index in [0.717, 1.165) is 63.8 Å². The summed E-state index contributed by atoms with van der Waals surface area (Å²) in [4.78, 5) is 18.3. The fraction of sp³-hybridized carbons (Fsp3) is 0.526. The Kier molecular flexibility index (Phi) is 5.18. The van der Waals surface area contributed by atoms with Gasteiger partial charge in [0.15, 0.2) is 5.82 Å². The van der Waals surface area contributed by atoms with Crippen molar-refractivity contribution < 1.29 is 4.74 Å². The summed E-state index contributed by atoms with van der Waals surface area (Å²) in [6.07, 6.45) is 9.27. The number of anilines is 1. The van der Waals surface area contributed by atoms with Crippen molar-refractivity contribution >= 4 is 5.82 Å². The molecular weight excluding hydrogens is 314 g/mol. The van der Waals surface area contributed by atoms with E-state index in [1.807, 2.05) is 30.7 Å². The first-order valence-corrected chi connectivity index (χ1v) is 9.19. The summed E-state index contributed by atoms with van der Waals surface area (Å²) >= 11 is 0. The zero-order valence-electron chi connectivity index (χ0n) is 14.5. The quantitative estimate of drug-likeness (QED) is 0.853. The standard InChI is InChI=1S/C19H25N5O/c1-3-7-20-18(6-1)24-10-8-23(9-11-24)15-16-13-21-19(22-14-16)17-5-2-4-12-25-17/h1,3,6-7,13-14,17H,2,4-5,8-12,15H2/t17-/m0/s1. The van der Waals surface area contributed by atoms with Gasteiger partial charge in [-0.15, -0.1) is 0 Å². The van der Waals surface area contributed by atoms with Crippen LogP contribution in [0.2, 0.25) is 0 Å². The van der Waals surface area contributed by atoms with E-state index in [2.05, 4.69) is 30.8 Å². The first kappa shape index (κ1) is 16.4. The zero-order chi connectivity index (χ0) is 16.9. The first-order valence-electron chi connectivity index (χ1n) is 9.19. The molecule has 0 aromatic carbocycles. The van der Waals surface area contributed by atoms with E-state index in [1.54, 1.807) is 0 Å². The van der Waals surface area contributed by atoms with Crippen LogP contribution in [0, 0.1) is 0 Å². The van der Waals surface area contributed by atoms with Gasteiger partial charge in [-0.25, -0.2) is 15.0 Å². The van der Waals surface area contributed by atoms with Crippen molar-refractivity contribution in [1.82, 2.24) is 19.9 Å². The topological polar surface area (TPSA) is 54.4 Å². The van der Waals surface area contributed by atoms with Gasteiger partial charge >= 0.3 is 0 Å². The van der Waals surface area contributed by atoms with Gasteiger partial charge in [0.25, 0.3) is 0 Å². The lowest BCUT2D eigenvalue weighted by molar-refractivity contribution is 0.00938. The molecule has 2 aliphatic heterocycles. The highest BCUT2D eigenvalue weighted by Crippen LogP contribution is 2.25. The number of nitrogens with zero attached hydrogens (tertiary/aromatic N) is 5. The third-order valence-electron chi connectivity index (χ3n) is 4.94. The lowest BCUT2D eigenvalue weighted by Gasteiger charge is -2.35. The smallest absolute Gasteiger partial charge is 0.157 e. The van der Waals surface area contributed by atoms with Crippen molar-refractivity contribution in [2.45, 2.75) is 31.9 Å². The fourth-order valence-corrected chi connectivity index (χ4v) is 3.49. The lowest BCUT2D eigenvalue weighted by Crippen LogP contribution is -2.46. The van der Waals surface area contributed by atoms with Gasteiger partial charge in [-0.2, -0.15) is 0 Å². The molecule has 6 heteroatoms. The second kappa shape index (κ2) is 7.89. The molecule has 6 nitrogen and oxygen atoms in total. The number of pyridine rings is 1. The Morgan fingerprint density at radius 2 is 1.84 bits per heavy atom. The van der Waals surface area contributed by atoms with Gasteiger partial charge in [0.05, 0.1) is 0 Å². The van der Waals surface area contributed by atoms with Crippen molar-refractivity contribution in [3.8, 4) is 0 Å². The number of hydrogen-bond donors (Lipinski definition) is 0. The van der Waals surface area contributed by atoms with Crippen LogP contribution in [0.3, 0.4) is 0 Å². The zero-order valence-corrected chi connectivity index (χ0v) is 14.5. The molecule has 2 aromatic rings. The van der Waals surface area contributed by atoms with Gasteiger partial charge in [-0.05, 0) is 31.4 Å². The van der Waals surface area contributed by atoms with Crippen molar-refractivity contribution in [1.29, 1.82) is 0 Å². The van der Waals surface area contributed by atoms with Gasteiger partial charge in [0.1, 0.15) is 11.9 Å². The highest BCUT2D eigenvalue weighted by molar-refractivity contribution is 5.38. The van der Waals surface area contributed by atoms with Crippen LogP contribution in [0.15, 0.2) is 36.8 Å². The molecule has 0 spiro atoms. The molecule has 25 heavy (non-hydrogen) atoms. The Morgan fingerprint density at radius 3 is 2.52 bits per heavy atom. The van der Waals surface area contributed by atoms with Crippen LogP contribution in [0.5, 0.6) is 0 Å². The van der Waals surface area contributed by atoms with Crippen LogP contribution in [-0.2, 0) is 11.3 Å². The van der Waals surface area contributed by atoms with Crippen molar-refractivity contribution in [3.63, 3.8) is 0 Å². The minimum absolute atomic E-state index is 0.0877. The van der Waals surface area contributed by atoms with E-state index in [0.29, 0.717) is 0 Å². The molecule has 1 atom stereocenters. The Morgan fingerprint density at radius 1 is 1.00 bits per heavy atom. The molecule has 0 bridgehead atoms. The predicted molar refractivity (Wildman–Crippen MR) is 96.3 cm³/mol. The predicted octanol–water partition coefficient (Wildman–Crippen LogP) is 2.44. The summed E-state index contributed by atoms with van der Waals surface area (Å²) in [5.41, 5.74) is 1.17. The van der Waals surface area contributed by atoms with Crippen molar-refractivity contribution in [2.75, 3.05) is 37.7 Å². The molecule has 2 fully saturated rings. The van der Waals surface area contributed by atoms with Crippen LogP contribution >= 0.6 is 0 Å². The van der Waals surface area contributed by atoms with Gasteiger partial charge in [0, 0.05) is 63.5 Å². The van der Waals surface area contributed by atoms with Gasteiger partial charge in [0.2, 0.25) is 0 Å². The minimum atomic E-state index is 0.0877. The number of hydrogen-bond acceptors (Lipinski definition) is 6. The van der Waals surface area contributed by atoms with E-state index in [4.69, 9.17) is 4.74 Å². The highest BCUT2D eigenvalue weighted by Gasteiger charge is 2.20. The second-order valence-corrected chi connectivity index (χ2v) is 6.76. The maximum Gasteiger partial charge on any atom is 0.157 e. The monoisotopic (exact) mass is 339 g/mol. The summed E-state index contributed by atoms with van der Waals surface area (Å²) in [7, 11) is 0. The summed E-state index contributed by atoms with van der Waals surface area (Å²) in [5.74, 6) is 1.91. The molecule has 0 unspecified atom stereocenters. The van der Waals surface area contributed by atoms with Gasteiger partial charge in [-0.3, -0.25) is 4.90 Å². The van der Waals surface area contributed by atoms with Crippen molar-refractivity contribution in [3.05, 3.63) is 48.2 Å². The molecule has 0 radical (unpaired) electrons. The Balaban J connectivity index is 1.29. The molecular formula is C19H25N5O. The third kappa shape index (κ3) is 4.14. The third-order valence-corrected chi connectivity index (χ3v) is 4.94. The Labute approximate surface area is 148 Å². The molecule has 2 aromatic heterocycles. The average Bonchev–Trinajstić information content (AvgIpc) is 2.71. The molecule has 132 valence electrons. The van der Waals surface area contributed by atoms with Gasteiger partial charge < -0.3 is 9.64 Å². The maximum atomic E-state index is 5.76. The van der Waals surface area contributed by atoms with Crippen LogP contribution < -0.4 is 4.90 Å². The molecule has 0 aliphatic carbocycles. The molecule has 4 rings (SSSR count). The molecule has 0 amide bonds. The molecule has 0 N–H and O–H groups in total. The normalized spacial score (nSPS) is 22.1. The number of piperazine rings is 1. The Hall–Kier alpha value is -2.05. The highest BCUT2D eigenvalue weighted by atomic mass is 16.5. The summed E-state index contributed by atoms with van der Waals surface area (Å²) in [6, 6.07) is 6.08. The van der Waals surface area contributed by atoms with Gasteiger partial charge in [-0.1, -0.05) is 6.07 Å². The maximum absolute atomic E-state index is 5.76. The molecule has 0 saturated carbocycles. The number of aromatic nitrogens is 3. The number of rotatable bonds is 4. The molecule has 2 saturated heterocycles. The summed E-state index contributed by atoms with van der Waals surface area (Å²) < 4.78 is 5.76. The van der Waals surface area contributed by atoms with Crippen LogP contribution in [-0.4, -0.2) is 52.6 Å². The van der Waals surface area contributed by atoms with E-state index in [1.165, 1.54) is 12.0 Å². The molecule has 2 aliphatic rings. The van der Waals surface area contributed by atoms with E-state index in [9.17, 15) is 0 Å². The van der Waals surface area contributed by atoms with Crippen LogP contribution in [0.25, 0.3) is 0 Å². The van der Waals surface area contributed by atoms with E-state index < -0.39 is 0 Å². The lowest BCUT2D eigenvalue weighted by atomic mass is 10.1. The Bertz CT molecular complexity index is 649. The largest absolute Gasteiger partial charge is 0.370 e. The fourth-order valence-electron chi connectivity index (χ4n) is 3.49. The molecule has 4 heterocycles. The minimum Gasteiger partial charge on any atom is -0.370 e. The SMILES string of the molecule is c1ccc(N2CCN(Cc3cnc([C@@H]4CCCCO4)nc3)CC2)nc1.